The molecule has 0 amide bonds. The van der Waals surface area contributed by atoms with Crippen LogP contribution in [0.1, 0.15) is 30.0 Å². The van der Waals surface area contributed by atoms with Gasteiger partial charge in [-0.05, 0) is 79.5 Å². The van der Waals surface area contributed by atoms with E-state index in [1.54, 1.807) is 41.1 Å². The summed E-state index contributed by atoms with van der Waals surface area (Å²) in [5.41, 5.74) is 2.49. The molecule has 3 aromatic carbocycles. The summed E-state index contributed by atoms with van der Waals surface area (Å²) in [5, 5.41) is 4.10. The van der Waals surface area contributed by atoms with Crippen LogP contribution in [0.3, 0.4) is 0 Å². The molecule has 0 radical (unpaired) electrons. The van der Waals surface area contributed by atoms with E-state index in [2.05, 4.69) is 10.2 Å². The first-order valence-corrected chi connectivity index (χ1v) is 13.0. The lowest BCUT2D eigenvalue weighted by molar-refractivity contribution is 0.449. The maximum atomic E-state index is 13.9. The van der Waals surface area contributed by atoms with E-state index in [-0.39, 0.29) is 23.2 Å². The van der Waals surface area contributed by atoms with Crippen molar-refractivity contribution in [1.82, 2.24) is 19.9 Å². The average molecular weight is 524 g/mol. The van der Waals surface area contributed by atoms with E-state index >= 15 is 0 Å². The third kappa shape index (κ3) is 5.03. The molecule has 2 aromatic heterocycles. The van der Waals surface area contributed by atoms with E-state index in [4.69, 9.17) is 9.97 Å². The minimum absolute atomic E-state index is 0.181. The van der Waals surface area contributed by atoms with Gasteiger partial charge in [0.1, 0.15) is 17.3 Å². The number of aromatic nitrogens is 3. The number of halogens is 2. The minimum Gasteiger partial charge on any atom is -0.317 e. The Labute approximate surface area is 224 Å². The number of nitrogens with one attached hydrogen (secondary N) is 1. The highest BCUT2D eigenvalue weighted by atomic mass is 19.1. The smallest absolute Gasteiger partial charge is 0.253 e. The van der Waals surface area contributed by atoms with Crippen LogP contribution in [0.4, 0.5) is 20.4 Å². The van der Waals surface area contributed by atoms with Gasteiger partial charge in [-0.3, -0.25) is 9.36 Å². The molecule has 5 aromatic rings. The van der Waals surface area contributed by atoms with Gasteiger partial charge < -0.3 is 10.2 Å². The minimum atomic E-state index is -0.658. The lowest BCUT2D eigenvalue weighted by Crippen LogP contribution is -2.41. The number of para-hydroxylation sites is 1. The summed E-state index contributed by atoms with van der Waals surface area (Å²) in [5.74, 6) is -0.268. The molecule has 196 valence electrons. The molecule has 1 N–H and O–H groups in total. The largest absolute Gasteiger partial charge is 0.317 e. The van der Waals surface area contributed by atoms with Crippen molar-refractivity contribution >= 4 is 22.7 Å². The lowest BCUT2D eigenvalue weighted by Gasteiger charge is -2.35. The highest BCUT2D eigenvalue weighted by molar-refractivity contribution is 5.76. The van der Waals surface area contributed by atoms with Gasteiger partial charge in [0.15, 0.2) is 0 Å². The maximum absolute atomic E-state index is 13.9. The monoisotopic (exact) mass is 523 g/mol. The van der Waals surface area contributed by atoms with Crippen LogP contribution in [0.15, 0.2) is 102 Å². The highest BCUT2D eigenvalue weighted by Gasteiger charge is 2.27. The SMILES string of the molecule is O=c1ccc2cnc(N(c3ccccc3)C3CCNCC3)nc2n1C(c1ccc(F)cc1)c1ccc(F)cc1. The van der Waals surface area contributed by atoms with E-state index < -0.39 is 6.04 Å². The Bertz CT molecular complexity index is 1590. The molecule has 6 nitrogen and oxygen atoms in total. The van der Waals surface area contributed by atoms with Crippen molar-refractivity contribution < 1.29 is 8.78 Å². The van der Waals surface area contributed by atoms with E-state index in [9.17, 15) is 13.6 Å². The maximum Gasteiger partial charge on any atom is 0.253 e. The van der Waals surface area contributed by atoms with Crippen LogP contribution in [0.5, 0.6) is 0 Å². The van der Waals surface area contributed by atoms with Crippen LogP contribution in [-0.4, -0.2) is 33.7 Å². The molecule has 39 heavy (non-hydrogen) atoms. The summed E-state index contributed by atoms with van der Waals surface area (Å²) < 4.78 is 29.3. The van der Waals surface area contributed by atoms with E-state index in [1.165, 1.54) is 30.3 Å². The van der Waals surface area contributed by atoms with E-state index in [0.29, 0.717) is 28.1 Å². The zero-order valence-corrected chi connectivity index (χ0v) is 21.2. The second-order valence-corrected chi connectivity index (χ2v) is 9.68. The van der Waals surface area contributed by atoms with Gasteiger partial charge in [-0.15, -0.1) is 0 Å². The van der Waals surface area contributed by atoms with Crippen LogP contribution < -0.4 is 15.8 Å². The van der Waals surface area contributed by atoms with Crippen molar-refractivity contribution in [3.63, 3.8) is 0 Å². The van der Waals surface area contributed by atoms with Crippen LogP contribution in [0.2, 0.25) is 0 Å². The zero-order valence-electron chi connectivity index (χ0n) is 21.2. The number of piperidine rings is 1. The Morgan fingerprint density at radius 2 is 1.44 bits per heavy atom. The molecule has 1 fully saturated rings. The standard InChI is InChI=1S/C31H27F2N5O/c32-24-11-6-21(7-12-24)29(22-8-13-25(33)14-9-22)38-28(39)15-10-23-20-35-31(36-30(23)38)37(26-4-2-1-3-5-26)27-16-18-34-19-17-27/h1-15,20,27,29,34H,16-19H2. The molecular weight excluding hydrogens is 496 g/mol. The second kappa shape index (κ2) is 10.7. The van der Waals surface area contributed by atoms with Crippen molar-refractivity contribution in [3.05, 3.63) is 130 Å². The normalized spacial score (nSPS) is 14.1. The summed E-state index contributed by atoms with van der Waals surface area (Å²) in [6.45, 7) is 1.78. The van der Waals surface area contributed by atoms with E-state index in [1.807, 2.05) is 30.3 Å². The summed E-state index contributed by atoms with van der Waals surface area (Å²) in [4.78, 5) is 25.4. The zero-order chi connectivity index (χ0) is 26.8. The van der Waals surface area contributed by atoms with Gasteiger partial charge in [0.25, 0.3) is 5.56 Å². The summed E-state index contributed by atoms with van der Waals surface area (Å²) in [6, 6.07) is 24.7. The number of benzene rings is 3. The molecule has 0 aliphatic carbocycles. The first-order chi connectivity index (χ1) is 19.1. The first-order valence-electron chi connectivity index (χ1n) is 13.0. The topological polar surface area (TPSA) is 63.1 Å². The molecule has 1 aliphatic rings. The number of fused-ring (bicyclic) bond motifs is 1. The quantitative estimate of drug-likeness (QED) is 0.314. The summed E-state index contributed by atoms with van der Waals surface area (Å²) >= 11 is 0. The first kappa shape index (κ1) is 24.9. The Morgan fingerprint density at radius 3 is 2.05 bits per heavy atom. The Balaban J connectivity index is 1.57. The number of pyridine rings is 1. The van der Waals surface area contributed by atoms with Gasteiger partial charge in [0.05, 0.1) is 6.04 Å². The summed E-state index contributed by atoms with van der Waals surface area (Å²) in [6.07, 6.45) is 3.58. The number of nitrogens with zero attached hydrogens (tertiary/aromatic N) is 4. The van der Waals surface area contributed by atoms with Crippen LogP contribution >= 0.6 is 0 Å². The molecule has 8 heteroatoms. The van der Waals surface area contributed by atoms with Crippen LogP contribution in [0, 0.1) is 11.6 Å². The van der Waals surface area contributed by atoms with Crippen LogP contribution in [0.25, 0.3) is 11.0 Å². The van der Waals surface area contributed by atoms with Gasteiger partial charge in [-0.1, -0.05) is 42.5 Å². The molecule has 0 unspecified atom stereocenters. The second-order valence-electron chi connectivity index (χ2n) is 9.68. The van der Waals surface area contributed by atoms with Gasteiger partial charge in [-0.2, -0.15) is 4.98 Å². The third-order valence-corrected chi connectivity index (χ3v) is 7.21. The van der Waals surface area contributed by atoms with Crippen molar-refractivity contribution in [3.8, 4) is 0 Å². The molecule has 3 heterocycles. The fourth-order valence-corrected chi connectivity index (χ4v) is 5.32. The molecule has 0 atom stereocenters. The predicted molar refractivity (Wildman–Crippen MR) is 148 cm³/mol. The molecule has 0 bridgehead atoms. The average Bonchev–Trinajstić information content (AvgIpc) is 2.97. The molecule has 0 saturated carbocycles. The van der Waals surface area contributed by atoms with Crippen molar-refractivity contribution in [2.24, 2.45) is 0 Å². The highest BCUT2D eigenvalue weighted by Crippen LogP contribution is 2.32. The summed E-state index contributed by atoms with van der Waals surface area (Å²) in [7, 11) is 0. The number of rotatable bonds is 6. The fourth-order valence-electron chi connectivity index (χ4n) is 5.32. The number of hydrogen-bond donors (Lipinski definition) is 1. The molecule has 1 aliphatic heterocycles. The Kier molecular flexibility index (Phi) is 6.85. The molecule has 6 rings (SSSR count). The lowest BCUT2D eigenvalue weighted by atomic mass is 9.98. The Morgan fingerprint density at radius 1 is 0.821 bits per heavy atom. The van der Waals surface area contributed by atoms with Crippen molar-refractivity contribution in [1.29, 1.82) is 0 Å². The number of hydrogen-bond acceptors (Lipinski definition) is 5. The predicted octanol–water partition coefficient (Wildman–Crippen LogP) is 5.60. The van der Waals surface area contributed by atoms with Gasteiger partial charge in [0, 0.05) is 29.4 Å². The van der Waals surface area contributed by atoms with Gasteiger partial charge >= 0.3 is 0 Å². The Hall–Kier alpha value is -4.43. The molecule has 1 saturated heterocycles. The van der Waals surface area contributed by atoms with Crippen molar-refractivity contribution in [2.45, 2.75) is 24.9 Å². The molecule has 0 spiro atoms. The fraction of sp³-hybridized carbons (Fsp3) is 0.194. The molecular formula is C31H27F2N5O. The third-order valence-electron chi connectivity index (χ3n) is 7.21. The number of anilines is 2. The van der Waals surface area contributed by atoms with Crippen molar-refractivity contribution in [2.75, 3.05) is 18.0 Å². The van der Waals surface area contributed by atoms with Gasteiger partial charge in [0.2, 0.25) is 5.95 Å². The van der Waals surface area contributed by atoms with Crippen LogP contribution in [-0.2, 0) is 0 Å². The van der Waals surface area contributed by atoms with Gasteiger partial charge in [-0.25, -0.2) is 13.8 Å². The van der Waals surface area contributed by atoms with E-state index in [0.717, 1.165) is 31.6 Å².